The maximum atomic E-state index is 16.1. The van der Waals surface area contributed by atoms with Crippen LogP contribution >= 0.6 is 0 Å². The fourth-order valence-corrected chi connectivity index (χ4v) is 4.46. The van der Waals surface area contributed by atoms with Crippen molar-refractivity contribution in [3.8, 4) is 12.1 Å². The lowest BCUT2D eigenvalue weighted by Crippen LogP contribution is -2.56. The van der Waals surface area contributed by atoms with E-state index in [-0.39, 0.29) is 25.3 Å². The third-order valence-corrected chi connectivity index (χ3v) is 6.49. The average Bonchev–Trinajstić information content (AvgIpc) is 3.15. The Morgan fingerprint density at radius 2 is 1.90 bits per heavy atom. The van der Waals surface area contributed by atoms with Crippen molar-refractivity contribution in [3.05, 3.63) is 54.1 Å². The van der Waals surface area contributed by atoms with Crippen LogP contribution in [0.25, 0.3) is 5.57 Å². The Balaban J connectivity index is 1.83. The molecular weight excluding hydrogens is 532 g/mol. The number of hydrogen-bond acceptors (Lipinski definition) is 6. The first kappa shape index (κ1) is 30.6. The van der Waals surface area contributed by atoms with Crippen molar-refractivity contribution in [2.75, 3.05) is 19.7 Å². The first-order valence-electron chi connectivity index (χ1n) is 12.6. The summed E-state index contributed by atoms with van der Waals surface area (Å²) in [5, 5.41) is 21.8. The molecule has 1 saturated heterocycles. The van der Waals surface area contributed by atoms with E-state index in [0.29, 0.717) is 18.1 Å². The molecule has 1 heterocycles. The van der Waals surface area contributed by atoms with Crippen LogP contribution in [-0.2, 0) is 14.3 Å². The highest BCUT2D eigenvalue weighted by atomic mass is 19.4. The number of ether oxygens (including phenoxy) is 2. The molecule has 214 valence electrons. The summed E-state index contributed by atoms with van der Waals surface area (Å²) in [5.41, 5.74) is -7.59. The number of hydrogen-bond donors (Lipinski definition) is 1. The number of amides is 2. The number of nitrogens with zero attached hydrogens (tertiary/aromatic N) is 3. The maximum Gasteiger partial charge on any atom is 0.428 e. The lowest BCUT2D eigenvalue weighted by molar-refractivity contribution is -0.235. The number of allylic oxidation sites excluding steroid dienone is 4. The number of rotatable bonds is 5. The molecule has 3 rings (SSSR count). The second-order valence-corrected chi connectivity index (χ2v) is 10.6. The van der Waals surface area contributed by atoms with Gasteiger partial charge in [-0.15, -0.1) is 0 Å². The van der Waals surface area contributed by atoms with Gasteiger partial charge in [-0.05, 0) is 44.4 Å². The van der Waals surface area contributed by atoms with Crippen molar-refractivity contribution in [1.29, 1.82) is 10.5 Å². The van der Waals surface area contributed by atoms with Crippen molar-refractivity contribution in [2.24, 2.45) is 5.41 Å². The van der Waals surface area contributed by atoms with Crippen LogP contribution in [0.15, 0.2) is 48.6 Å². The van der Waals surface area contributed by atoms with E-state index >= 15 is 4.39 Å². The maximum absolute atomic E-state index is 16.1. The number of carbonyl (C=O) groups is 2. The normalized spacial score (nSPS) is 26.0. The van der Waals surface area contributed by atoms with Crippen molar-refractivity contribution < 1.29 is 36.6 Å². The van der Waals surface area contributed by atoms with Gasteiger partial charge in [-0.1, -0.05) is 42.5 Å². The van der Waals surface area contributed by atoms with E-state index in [9.17, 15) is 33.3 Å². The van der Waals surface area contributed by atoms with Crippen LogP contribution in [0.3, 0.4) is 0 Å². The van der Waals surface area contributed by atoms with Crippen LogP contribution < -0.4 is 5.32 Å². The SMILES string of the molecule is CC(C)(C)OC(=O)N1CCCOC(C(=O)N[C@H](C#N)CC2(C#N)C=CC(c3ccccc3)=CC2(F)C(F)(F)F)C1. The zero-order valence-corrected chi connectivity index (χ0v) is 22.3. The zero-order chi connectivity index (χ0) is 29.8. The Bertz CT molecular complexity index is 1250. The molecule has 1 aromatic rings. The highest BCUT2D eigenvalue weighted by molar-refractivity contribution is 5.82. The quantitative estimate of drug-likeness (QED) is 0.514. The minimum Gasteiger partial charge on any atom is -0.444 e. The zero-order valence-electron chi connectivity index (χ0n) is 22.3. The van der Waals surface area contributed by atoms with Crippen molar-refractivity contribution in [3.63, 3.8) is 0 Å². The van der Waals surface area contributed by atoms with Gasteiger partial charge in [0.1, 0.15) is 17.1 Å². The molecular formula is C28H30F4N4O4. The summed E-state index contributed by atoms with van der Waals surface area (Å²) in [5.74, 6) is -0.896. The summed E-state index contributed by atoms with van der Waals surface area (Å²) in [6, 6.07) is 9.19. The Kier molecular flexibility index (Phi) is 8.95. The average molecular weight is 563 g/mol. The van der Waals surface area contributed by atoms with Gasteiger partial charge >= 0.3 is 12.3 Å². The standard InChI is InChI=1S/C28H30F4N4O4/c1-25(2,3)40-24(38)36-12-7-13-39-22(17-36)23(37)35-21(16-33)15-26(18-34)11-10-20(19-8-5-4-6-9-19)14-27(26,29)28(30,31)32/h4-6,8-11,14,21-22H,7,12-13,15,17H2,1-3H3,(H,35,37)/t21-,22?,26?,27?/m0/s1. The molecule has 0 saturated carbocycles. The summed E-state index contributed by atoms with van der Waals surface area (Å²) in [6.45, 7) is 5.12. The van der Waals surface area contributed by atoms with Crippen LogP contribution in [0.2, 0.25) is 0 Å². The highest BCUT2D eigenvalue weighted by Crippen LogP contribution is 2.54. The summed E-state index contributed by atoms with van der Waals surface area (Å²) in [7, 11) is 0. The molecule has 2 amide bonds. The Morgan fingerprint density at radius 3 is 2.48 bits per heavy atom. The van der Waals surface area contributed by atoms with Gasteiger partial charge in [-0.25, -0.2) is 9.18 Å². The van der Waals surface area contributed by atoms with E-state index in [2.05, 4.69) is 5.32 Å². The molecule has 1 N–H and O–H groups in total. The minimum atomic E-state index is -5.52. The third kappa shape index (κ3) is 6.62. The van der Waals surface area contributed by atoms with Gasteiger partial charge in [-0.2, -0.15) is 23.7 Å². The van der Waals surface area contributed by atoms with Gasteiger partial charge < -0.3 is 19.7 Å². The van der Waals surface area contributed by atoms with Gasteiger partial charge in [0.05, 0.1) is 18.7 Å². The van der Waals surface area contributed by atoms with E-state index in [1.54, 1.807) is 45.0 Å². The van der Waals surface area contributed by atoms with E-state index in [1.165, 1.54) is 29.2 Å². The molecule has 2 aliphatic rings. The molecule has 1 aromatic carbocycles. The van der Waals surface area contributed by atoms with Crippen LogP contribution in [0.4, 0.5) is 22.4 Å². The molecule has 3 unspecified atom stereocenters. The molecule has 12 heteroatoms. The lowest BCUT2D eigenvalue weighted by atomic mass is 9.66. The molecule has 1 aliphatic heterocycles. The van der Waals surface area contributed by atoms with E-state index in [1.807, 2.05) is 0 Å². The Morgan fingerprint density at radius 1 is 1.23 bits per heavy atom. The fraction of sp³-hybridized carbons (Fsp3) is 0.500. The van der Waals surface area contributed by atoms with Crippen molar-refractivity contribution >= 4 is 17.6 Å². The van der Waals surface area contributed by atoms with Gasteiger partial charge in [0.15, 0.2) is 6.10 Å². The third-order valence-electron chi connectivity index (χ3n) is 6.49. The second-order valence-electron chi connectivity index (χ2n) is 10.6. The molecule has 0 radical (unpaired) electrons. The molecule has 0 bridgehead atoms. The summed E-state index contributed by atoms with van der Waals surface area (Å²) in [6.07, 6.45) is -5.75. The molecule has 1 fully saturated rings. The van der Waals surface area contributed by atoms with Gasteiger partial charge in [0.25, 0.3) is 5.91 Å². The lowest BCUT2D eigenvalue weighted by Gasteiger charge is -2.41. The van der Waals surface area contributed by atoms with Crippen molar-refractivity contribution in [2.45, 2.75) is 63.2 Å². The van der Waals surface area contributed by atoms with Crippen LogP contribution in [-0.4, -0.2) is 66.2 Å². The fourth-order valence-electron chi connectivity index (χ4n) is 4.46. The molecule has 8 nitrogen and oxygen atoms in total. The summed E-state index contributed by atoms with van der Waals surface area (Å²) >= 11 is 0. The number of carbonyl (C=O) groups excluding carboxylic acids is 2. The summed E-state index contributed by atoms with van der Waals surface area (Å²) in [4.78, 5) is 26.8. The minimum absolute atomic E-state index is 0.0852. The van der Waals surface area contributed by atoms with Crippen molar-refractivity contribution in [1.82, 2.24) is 10.2 Å². The number of benzene rings is 1. The Hall–Kier alpha value is -3.90. The first-order valence-corrected chi connectivity index (χ1v) is 12.6. The number of alkyl halides is 4. The van der Waals surface area contributed by atoms with Gasteiger partial charge in [-0.3, -0.25) is 4.79 Å². The molecule has 4 atom stereocenters. The number of nitrogens with one attached hydrogen (secondary N) is 1. The predicted octanol–water partition coefficient (Wildman–Crippen LogP) is 4.84. The highest BCUT2D eigenvalue weighted by Gasteiger charge is 2.68. The van der Waals surface area contributed by atoms with Gasteiger partial charge in [0, 0.05) is 19.6 Å². The van der Waals surface area contributed by atoms with Crippen LogP contribution in [0, 0.1) is 28.1 Å². The molecule has 0 aromatic heterocycles. The number of nitriles is 2. The largest absolute Gasteiger partial charge is 0.444 e. The van der Waals surface area contributed by atoms with Gasteiger partial charge in [0.2, 0.25) is 5.67 Å². The molecule has 1 aliphatic carbocycles. The smallest absolute Gasteiger partial charge is 0.428 e. The molecule has 0 spiro atoms. The molecule has 40 heavy (non-hydrogen) atoms. The number of halogens is 4. The topological polar surface area (TPSA) is 115 Å². The van der Waals surface area contributed by atoms with E-state index in [4.69, 9.17) is 9.47 Å². The second kappa shape index (κ2) is 11.7. The van der Waals surface area contributed by atoms with E-state index in [0.717, 1.165) is 6.08 Å². The summed E-state index contributed by atoms with van der Waals surface area (Å²) < 4.78 is 69.6. The van der Waals surface area contributed by atoms with E-state index < -0.39 is 53.4 Å². The monoisotopic (exact) mass is 562 g/mol. The predicted molar refractivity (Wildman–Crippen MR) is 136 cm³/mol. The first-order chi connectivity index (χ1) is 18.6. The van der Waals surface area contributed by atoms with Crippen LogP contribution in [0.1, 0.15) is 39.2 Å². The Labute approximate surface area is 229 Å². The van der Waals surface area contributed by atoms with Crippen LogP contribution in [0.5, 0.6) is 0 Å².